The number of hydrogen-bond acceptors (Lipinski definition) is 6. The molecule has 27 heavy (non-hydrogen) atoms. The Bertz CT molecular complexity index is 937. The monoisotopic (exact) mass is 409 g/mol. The number of fused-ring (bicyclic) bond motifs is 5. The largest absolute Gasteiger partial charge is 1.00 e. The molecular weight excluding hydrogens is 386 g/mol. The van der Waals surface area contributed by atoms with E-state index in [1.165, 1.54) is 0 Å². The molecule has 2 aromatic rings. The van der Waals surface area contributed by atoms with Crippen LogP contribution in [0, 0.1) is 6.92 Å². The number of hydrogen-bond donors (Lipinski definition) is 1. The van der Waals surface area contributed by atoms with E-state index < -0.39 is 0 Å². The Labute approximate surface area is 168 Å². The Morgan fingerprint density at radius 3 is 2.89 bits per heavy atom. The van der Waals surface area contributed by atoms with E-state index >= 15 is 0 Å². The molecule has 7 nitrogen and oxygen atoms in total. The summed E-state index contributed by atoms with van der Waals surface area (Å²) in [5.74, 6) is 2.00. The topological polar surface area (TPSA) is 106 Å². The highest BCUT2D eigenvalue weighted by molar-refractivity contribution is 7.21. The third kappa shape index (κ3) is 3.62. The van der Waals surface area contributed by atoms with Crippen LogP contribution in [0.25, 0.3) is 10.2 Å². The fourth-order valence-electron chi connectivity index (χ4n) is 3.38. The van der Waals surface area contributed by atoms with Gasteiger partial charge in [-0.05, 0) is 26.3 Å². The van der Waals surface area contributed by atoms with Gasteiger partial charge >= 0.3 is 5.91 Å². The second-order valence-electron chi connectivity index (χ2n) is 6.50. The molecule has 4 rings (SSSR count). The lowest BCUT2D eigenvalue weighted by Gasteiger charge is -2.23. The van der Waals surface area contributed by atoms with Crippen molar-refractivity contribution in [1.29, 1.82) is 0 Å². The number of rotatable bonds is 4. The molecule has 0 unspecified atom stereocenters. The van der Waals surface area contributed by atoms with Crippen molar-refractivity contribution in [3.05, 3.63) is 22.2 Å². The van der Waals surface area contributed by atoms with Crippen LogP contribution in [-0.4, -0.2) is 52.6 Å². The molecule has 0 spiro atoms. The summed E-state index contributed by atoms with van der Waals surface area (Å²) in [5.41, 5.74) is 2.46. The van der Waals surface area contributed by atoms with Crippen LogP contribution in [0.3, 0.4) is 0 Å². The molecule has 0 saturated carbocycles. The third-order valence-corrected chi connectivity index (χ3v) is 5.69. The number of carbonyl (C=O) groups excluding carboxylic acids is 1. The number of carbonyl (C=O) groups is 1. The van der Waals surface area contributed by atoms with Crippen molar-refractivity contribution in [2.45, 2.75) is 33.6 Å². The zero-order chi connectivity index (χ0) is 17.6. The molecule has 0 bridgehead atoms. The summed E-state index contributed by atoms with van der Waals surface area (Å²) in [5, 5.41) is 2.69. The first-order valence-corrected chi connectivity index (χ1v) is 9.61. The number of halogens is 1. The lowest BCUT2D eigenvalue weighted by atomic mass is 10.1. The number of primary amides is 1. The number of thiophene rings is 1. The number of unbranched alkanes of at least 4 members (excludes halogenated alkanes) is 1. The van der Waals surface area contributed by atoms with Crippen molar-refractivity contribution in [3.8, 4) is 0 Å². The van der Waals surface area contributed by atoms with E-state index in [1.807, 2.05) is 19.9 Å². The summed E-state index contributed by atoms with van der Waals surface area (Å²) in [6.07, 6.45) is 2.12. The molecule has 2 aromatic heterocycles. The maximum atomic E-state index is 12.8. The molecule has 0 atom stereocenters. The molecule has 146 valence electrons. The van der Waals surface area contributed by atoms with Crippen molar-refractivity contribution in [3.63, 3.8) is 0 Å². The first kappa shape index (κ1) is 21.4. The maximum absolute atomic E-state index is 12.8. The quantitative estimate of drug-likeness (QED) is 0.615. The van der Waals surface area contributed by atoms with Gasteiger partial charge in [0.05, 0.1) is 34.6 Å². The number of aryl methyl sites for hydroxylation is 1. The van der Waals surface area contributed by atoms with E-state index in [2.05, 4.69) is 21.8 Å². The van der Waals surface area contributed by atoms with E-state index in [1.54, 1.807) is 16.7 Å². The van der Waals surface area contributed by atoms with Crippen LogP contribution in [0.5, 0.6) is 0 Å². The van der Waals surface area contributed by atoms with Gasteiger partial charge in [-0.15, -0.1) is 11.3 Å². The average Bonchev–Trinajstić information content (AvgIpc) is 3.19. The van der Waals surface area contributed by atoms with E-state index in [-0.39, 0.29) is 23.8 Å². The minimum atomic E-state index is 0. The highest BCUT2D eigenvalue weighted by Crippen LogP contribution is 2.43. The second-order valence-corrected chi connectivity index (χ2v) is 7.50. The first-order valence-electron chi connectivity index (χ1n) is 8.79. The van der Waals surface area contributed by atoms with Gasteiger partial charge in [0.1, 0.15) is 16.5 Å². The predicted molar refractivity (Wildman–Crippen MR) is 105 cm³/mol. The van der Waals surface area contributed by atoms with Crippen LogP contribution in [-0.2, 0) is 0 Å². The third-order valence-electron chi connectivity index (χ3n) is 4.63. The summed E-state index contributed by atoms with van der Waals surface area (Å²) in [6, 6.07) is 1.90. The zero-order valence-electron chi connectivity index (χ0n) is 15.7. The number of aromatic nitrogens is 1. The van der Waals surface area contributed by atoms with Crippen LogP contribution in [0.4, 0.5) is 5.69 Å². The molecular formula is C18H24ClN5O2S. The Morgan fingerprint density at radius 1 is 1.37 bits per heavy atom. The van der Waals surface area contributed by atoms with Gasteiger partial charge in [-0.2, -0.15) is 0 Å². The molecule has 4 heterocycles. The van der Waals surface area contributed by atoms with Gasteiger partial charge in [-0.1, -0.05) is 13.3 Å². The van der Waals surface area contributed by atoms with E-state index in [0.717, 1.165) is 76.2 Å². The predicted octanol–water partition coefficient (Wildman–Crippen LogP) is -1.59. The normalized spacial score (nSPS) is 14.7. The van der Waals surface area contributed by atoms with Gasteiger partial charge in [0, 0.05) is 12.2 Å². The maximum Gasteiger partial charge on any atom is 0.343 e. The van der Waals surface area contributed by atoms with Gasteiger partial charge < -0.3 is 22.8 Å². The first-order chi connectivity index (χ1) is 12.1. The molecule has 0 aliphatic carbocycles. The van der Waals surface area contributed by atoms with Crippen LogP contribution >= 0.6 is 11.3 Å². The molecule has 0 saturated heterocycles. The number of amides is 1. The lowest BCUT2D eigenvalue weighted by Crippen LogP contribution is -3.00. The van der Waals surface area contributed by atoms with Crippen LogP contribution in [0.1, 0.15) is 47.6 Å². The number of pyridine rings is 1. The van der Waals surface area contributed by atoms with Gasteiger partial charge in [0.25, 0.3) is 0 Å². The summed E-state index contributed by atoms with van der Waals surface area (Å²) in [4.78, 5) is 31.0. The van der Waals surface area contributed by atoms with Crippen molar-refractivity contribution in [2.75, 3.05) is 19.6 Å². The van der Waals surface area contributed by atoms with Crippen LogP contribution in [0.15, 0.2) is 16.1 Å². The highest BCUT2D eigenvalue weighted by Gasteiger charge is 2.32. The summed E-state index contributed by atoms with van der Waals surface area (Å²) >= 11 is 1.60. The number of nitrogens with two attached hydrogens (primary N) is 1. The second kappa shape index (κ2) is 8.43. The Hall–Kier alpha value is -1.87. The standard InChI is InChI=1S/C18H21N5OS.ClH.H2O/c1-4-5-6-20-17(24)12-9-10(2)21-18-13(12)14-15(25-18)16-19-7-8-23(16)11(3)22-14;;/h9H,4-8H2,1-3H3,(H,20,24);1H;1H2. The summed E-state index contributed by atoms with van der Waals surface area (Å²) in [7, 11) is 0. The zero-order valence-corrected chi connectivity index (χ0v) is 17.2. The fourth-order valence-corrected chi connectivity index (χ4v) is 4.59. The van der Waals surface area contributed by atoms with Crippen LogP contribution in [0.2, 0.25) is 0 Å². The number of nitrogens with zero attached hydrogens (tertiary/aromatic N) is 4. The summed E-state index contributed by atoms with van der Waals surface area (Å²) in [6.45, 7) is 8.56. The molecule has 9 heteroatoms. The molecule has 0 fully saturated rings. The Balaban J connectivity index is 0.00000131. The smallest absolute Gasteiger partial charge is 0.343 e. The number of aliphatic imine (C=N–C) groups is 2. The highest BCUT2D eigenvalue weighted by atomic mass is 35.5. The molecule has 2 aliphatic heterocycles. The lowest BCUT2D eigenvalue weighted by molar-refractivity contribution is -0.555. The summed E-state index contributed by atoms with van der Waals surface area (Å²) < 4.78 is 0. The van der Waals surface area contributed by atoms with Gasteiger partial charge in [-0.25, -0.2) is 14.8 Å². The average molecular weight is 410 g/mol. The van der Waals surface area contributed by atoms with Gasteiger partial charge in [0.15, 0.2) is 0 Å². The number of amidine groups is 2. The van der Waals surface area contributed by atoms with Crippen molar-refractivity contribution >= 4 is 44.8 Å². The van der Waals surface area contributed by atoms with Gasteiger partial charge in [-0.3, -0.25) is 10.3 Å². The minimum absolute atomic E-state index is 0. The van der Waals surface area contributed by atoms with Crippen molar-refractivity contribution in [2.24, 2.45) is 9.98 Å². The van der Waals surface area contributed by atoms with Crippen LogP contribution < -0.4 is 17.7 Å². The van der Waals surface area contributed by atoms with Crippen molar-refractivity contribution in [1.82, 2.24) is 9.88 Å². The minimum Gasteiger partial charge on any atom is -1.00 e. The van der Waals surface area contributed by atoms with E-state index in [0.29, 0.717) is 0 Å². The SMILES string of the molecule is CCCC[NH2+]C(=O)c1cc(C)nc2sc3c(c12)N=C(C)N1CCN=C31.O.[Cl-]. The van der Waals surface area contributed by atoms with E-state index in [4.69, 9.17) is 4.99 Å². The molecule has 2 aliphatic rings. The molecule has 4 N–H and O–H groups in total. The molecule has 0 radical (unpaired) electrons. The Kier molecular flexibility index (Phi) is 6.69. The molecule has 1 amide bonds. The fraction of sp³-hybridized carbons (Fsp3) is 0.444. The van der Waals surface area contributed by atoms with Crippen molar-refractivity contribution < 1.29 is 28.0 Å². The molecule has 0 aromatic carbocycles. The van der Waals surface area contributed by atoms with Gasteiger partial charge in [0.2, 0.25) is 0 Å². The number of quaternary nitrogens is 1. The Morgan fingerprint density at radius 2 is 2.15 bits per heavy atom. The van der Waals surface area contributed by atoms with E-state index in [9.17, 15) is 4.79 Å².